The van der Waals surface area contributed by atoms with E-state index in [2.05, 4.69) is 13.0 Å². The molecule has 1 rings (SSSR count). The van der Waals surface area contributed by atoms with Crippen LogP contribution in [0.3, 0.4) is 0 Å². The number of aromatic carboxylic acids is 1. The van der Waals surface area contributed by atoms with Crippen LogP contribution in [0.2, 0.25) is 0 Å². The predicted octanol–water partition coefficient (Wildman–Crippen LogP) is 6.25. The van der Waals surface area contributed by atoms with Crippen LogP contribution in [0, 0.1) is 0 Å². The molecule has 158 valence electrons. The number of carboxylic acid groups (broad SMARTS) is 1. The second-order valence-electron chi connectivity index (χ2n) is 7.62. The number of aromatic hydroxyl groups is 1. The van der Waals surface area contributed by atoms with Crippen LogP contribution >= 0.6 is 0 Å². The summed E-state index contributed by atoms with van der Waals surface area (Å²) in [5.74, 6) is -1.20. The van der Waals surface area contributed by atoms with Crippen LogP contribution in [0.4, 0.5) is 0 Å². The molecule has 0 fully saturated rings. The van der Waals surface area contributed by atoms with E-state index in [4.69, 9.17) is 0 Å². The van der Waals surface area contributed by atoms with Gasteiger partial charge in [-0.05, 0) is 43.7 Å². The monoisotopic (exact) mass is 390 g/mol. The van der Waals surface area contributed by atoms with Crippen molar-refractivity contribution in [2.24, 2.45) is 0 Å². The van der Waals surface area contributed by atoms with Crippen molar-refractivity contribution in [3.63, 3.8) is 0 Å². The molecule has 3 N–H and O–H groups in total. The SMILES string of the molecule is CCCC(O)/C=C/CCCCCCCCCCCc1cccc(O)c1C(=O)O. The molecule has 0 saturated heterocycles. The first-order chi connectivity index (χ1) is 13.6. The van der Waals surface area contributed by atoms with Crippen molar-refractivity contribution in [1.82, 2.24) is 0 Å². The van der Waals surface area contributed by atoms with E-state index < -0.39 is 5.97 Å². The lowest BCUT2D eigenvalue weighted by Crippen LogP contribution is -2.03. The maximum absolute atomic E-state index is 11.2. The Morgan fingerprint density at radius 1 is 1.00 bits per heavy atom. The highest BCUT2D eigenvalue weighted by atomic mass is 16.4. The summed E-state index contributed by atoms with van der Waals surface area (Å²) in [6, 6.07) is 4.93. The molecule has 0 aliphatic carbocycles. The van der Waals surface area contributed by atoms with Gasteiger partial charge in [0.25, 0.3) is 0 Å². The molecule has 1 atom stereocenters. The Bertz CT molecular complexity index is 580. The summed E-state index contributed by atoms with van der Waals surface area (Å²) < 4.78 is 0. The molecule has 0 amide bonds. The van der Waals surface area contributed by atoms with Gasteiger partial charge in [-0.25, -0.2) is 4.79 Å². The number of hydrogen-bond acceptors (Lipinski definition) is 3. The van der Waals surface area contributed by atoms with Gasteiger partial charge in [0.05, 0.1) is 6.10 Å². The molecule has 0 aliphatic heterocycles. The zero-order chi connectivity index (χ0) is 20.6. The standard InChI is InChI=1S/C24H38O4/c1-2-15-21(25)18-13-11-9-7-5-3-4-6-8-10-12-16-20-17-14-19-22(26)23(20)24(27)28/h13-14,17-19,21,25-26H,2-12,15-16H2,1H3,(H,27,28)/b18-13+. The molecule has 0 spiro atoms. The van der Waals surface area contributed by atoms with E-state index in [0.29, 0.717) is 6.42 Å². The molecule has 0 heterocycles. The zero-order valence-electron chi connectivity index (χ0n) is 17.4. The van der Waals surface area contributed by atoms with Crippen molar-refractivity contribution in [2.75, 3.05) is 0 Å². The average molecular weight is 391 g/mol. The number of unbranched alkanes of at least 4 members (excludes halogenated alkanes) is 9. The summed E-state index contributed by atoms with van der Waals surface area (Å²) in [5, 5.41) is 28.5. The van der Waals surface area contributed by atoms with Gasteiger partial charge in [0.1, 0.15) is 11.3 Å². The molecule has 4 heteroatoms. The van der Waals surface area contributed by atoms with Crippen LogP contribution in [-0.4, -0.2) is 27.4 Å². The summed E-state index contributed by atoms with van der Waals surface area (Å²) in [5.41, 5.74) is 0.779. The third-order valence-electron chi connectivity index (χ3n) is 5.10. The van der Waals surface area contributed by atoms with Gasteiger partial charge in [-0.3, -0.25) is 0 Å². The first kappa shape index (κ1) is 24.2. The number of carbonyl (C=O) groups is 1. The van der Waals surface area contributed by atoms with Crippen molar-refractivity contribution < 1.29 is 20.1 Å². The topological polar surface area (TPSA) is 77.8 Å². The molecule has 0 saturated carbocycles. The van der Waals surface area contributed by atoms with Crippen LogP contribution in [0.5, 0.6) is 5.75 Å². The van der Waals surface area contributed by atoms with E-state index in [-0.39, 0.29) is 17.4 Å². The summed E-state index contributed by atoms with van der Waals surface area (Å²) in [6.45, 7) is 2.08. The van der Waals surface area contributed by atoms with Crippen LogP contribution in [-0.2, 0) is 6.42 Å². The van der Waals surface area contributed by atoms with Gasteiger partial charge < -0.3 is 15.3 Å². The van der Waals surface area contributed by atoms with Gasteiger partial charge in [0, 0.05) is 0 Å². The number of aliphatic hydroxyl groups is 1. The largest absolute Gasteiger partial charge is 0.507 e. The summed E-state index contributed by atoms with van der Waals surface area (Å²) in [7, 11) is 0. The molecule has 0 aliphatic rings. The van der Waals surface area contributed by atoms with Crippen molar-refractivity contribution in [1.29, 1.82) is 0 Å². The van der Waals surface area contributed by atoms with E-state index in [1.54, 1.807) is 12.1 Å². The fourth-order valence-electron chi connectivity index (χ4n) is 3.50. The maximum Gasteiger partial charge on any atom is 0.339 e. The molecular weight excluding hydrogens is 352 g/mol. The Hall–Kier alpha value is -1.81. The Balaban J connectivity index is 1.99. The lowest BCUT2D eigenvalue weighted by Gasteiger charge is -2.08. The van der Waals surface area contributed by atoms with Gasteiger partial charge in [0.15, 0.2) is 0 Å². The highest BCUT2D eigenvalue weighted by molar-refractivity contribution is 5.92. The minimum absolute atomic E-state index is 0.0530. The lowest BCUT2D eigenvalue weighted by atomic mass is 9.99. The molecule has 4 nitrogen and oxygen atoms in total. The Kier molecular flexibility index (Phi) is 13.1. The number of hydrogen-bond donors (Lipinski definition) is 3. The van der Waals surface area contributed by atoms with E-state index in [1.807, 2.05) is 6.08 Å². The van der Waals surface area contributed by atoms with Gasteiger partial charge in [-0.2, -0.15) is 0 Å². The quantitative estimate of drug-likeness (QED) is 0.230. The number of allylic oxidation sites excluding steroid dienone is 1. The fraction of sp³-hybridized carbons (Fsp3) is 0.625. The lowest BCUT2D eigenvalue weighted by molar-refractivity contribution is 0.0692. The molecular formula is C24H38O4. The van der Waals surface area contributed by atoms with Crippen LogP contribution in [0.25, 0.3) is 0 Å². The van der Waals surface area contributed by atoms with Crippen molar-refractivity contribution in [2.45, 2.75) is 96.5 Å². The minimum atomic E-state index is -1.05. The summed E-state index contributed by atoms with van der Waals surface area (Å²) in [6.07, 6.45) is 18.1. The van der Waals surface area contributed by atoms with Crippen LogP contribution in [0.15, 0.2) is 30.4 Å². The molecule has 0 aromatic heterocycles. The molecule has 0 radical (unpaired) electrons. The Labute approximate surface area is 170 Å². The predicted molar refractivity (Wildman–Crippen MR) is 115 cm³/mol. The number of carboxylic acids is 1. The maximum atomic E-state index is 11.2. The third kappa shape index (κ3) is 10.5. The highest BCUT2D eigenvalue weighted by Crippen LogP contribution is 2.23. The molecule has 1 aromatic carbocycles. The number of aliphatic hydroxyl groups excluding tert-OH is 1. The zero-order valence-corrected chi connectivity index (χ0v) is 17.4. The normalized spacial score (nSPS) is 12.5. The van der Waals surface area contributed by atoms with Gasteiger partial charge in [-0.15, -0.1) is 0 Å². The first-order valence-corrected chi connectivity index (χ1v) is 10.9. The van der Waals surface area contributed by atoms with E-state index in [9.17, 15) is 20.1 Å². The number of phenols is 1. The Morgan fingerprint density at radius 2 is 1.61 bits per heavy atom. The minimum Gasteiger partial charge on any atom is -0.507 e. The van der Waals surface area contributed by atoms with Crippen LogP contribution in [0.1, 0.15) is 99.9 Å². The average Bonchev–Trinajstić information content (AvgIpc) is 2.65. The van der Waals surface area contributed by atoms with E-state index in [0.717, 1.165) is 37.7 Å². The Morgan fingerprint density at radius 3 is 2.21 bits per heavy atom. The van der Waals surface area contributed by atoms with Crippen molar-refractivity contribution in [3.05, 3.63) is 41.5 Å². The molecule has 1 aromatic rings. The summed E-state index contributed by atoms with van der Waals surface area (Å²) in [4.78, 5) is 11.2. The van der Waals surface area contributed by atoms with E-state index >= 15 is 0 Å². The smallest absolute Gasteiger partial charge is 0.339 e. The molecule has 28 heavy (non-hydrogen) atoms. The van der Waals surface area contributed by atoms with Crippen molar-refractivity contribution in [3.8, 4) is 5.75 Å². The van der Waals surface area contributed by atoms with Gasteiger partial charge >= 0.3 is 5.97 Å². The van der Waals surface area contributed by atoms with Gasteiger partial charge in [-0.1, -0.05) is 82.6 Å². The molecule has 1 unspecified atom stereocenters. The number of rotatable bonds is 16. The fourth-order valence-corrected chi connectivity index (χ4v) is 3.50. The first-order valence-electron chi connectivity index (χ1n) is 10.9. The number of aryl methyl sites for hydroxylation is 1. The van der Waals surface area contributed by atoms with Gasteiger partial charge in [0.2, 0.25) is 0 Å². The van der Waals surface area contributed by atoms with E-state index in [1.165, 1.54) is 51.0 Å². The molecule has 0 bridgehead atoms. The highest BCUT2D eigenvalue weighted by Gasteiger charge is 2.14. The summed E-state index contributed by atoms with van der Waals surface area (Å²) >= 11 is 0. The number of benzene rings is 1. The second-order valence-corrected chi connectivity index (χ2v) is 7.62. The van der Waals surface area contributed by atoms with Crippen molar-refractivity contribution >= 4 is 5.97 Å². The third-order valence-corrected chi connectivity index (χ3v) is 5.10. The second kappa shape index (κ2) is 15.2. The van der Waals surface area contributed by atoms with Crippen LogP contribution < -0.4 is 0 Å².